The van der Waals surface area contributed by atoms with Gasteiger partial charge in [-0.1, -0.05) is 32.0 Å². The van der Waals surface area contributed by atoms with E-state index in [1.54, 1.807) is 18.2 Å². The zero-order valence-electron chi connectivity index (χ0n) is 11.9. The first-order valence-electron chi connectivity index (χ1n) is 6.80. The van der Waals surface area contributed by atoms with Crippen molar-refractivity contribution in [3.63, 3.8) is 0 Å². The van der Waals surface area contributed by atoms with Crippen molar-refractivity contribution in [2.24, 2.45) is 5.41 Å². The maximum atomic E-state index is 13.8. The van der Waals surface area contributed by atoms with Crippen molar-refractivity contribution in [2.45, 2.75) is 32.2 Å². The Morgan fingerprint density at radius 1 is 1.40 bits per heavy atom. The molecule has 20 heavy (non-hydrogen) atoms. The molecule has 0 aliphatic heterocycles. The number of aliphatic hydroxyl groups excluding tert-OH is 1. The minimum Gasteiger partial charge on any atom is -0.396 e. The van der Waals surface area contributed by atoms with Gasteiger partial charge in [0.25, 0.3) is 0 Å². The molecule has 0 saturated heterocycles. The topological polar surface area (TPSA) is 61.4 Å². The smallest absolute Gasteiger partial charge is 0.315 e. The quantitative estimate of drug-likeness (QED) is 0.774. The second-order valence-corrected chi connectivity index (χ2v) is 6.19. The number of rotatable bonds is 5. The lowest BCUT2D eigenvalue weighted by molar-refractivity contribution is 0.156. The van der Waals surface area contributed by atoms with Gasteiger partial charge >= 0.3 is 6.03 Å². The molecule has 4 nitrogen and oxygen atoms in total. The Bertz CT molecular complexity index is 498. The molecule has 0 atom stereocenters. The maximum absolute atomic E-state index is 13.8. The summed E-state index contributed by atoms with van der Waals surface area (Å²) in [5.41, 5.74) is -0.401. The van der Waals surface area contributed by atoms with Gasteiger partial charge in [-0.2, -0.15) is 0 Å². The van der Waals surface area contributed by atoms with E-state index in [0.717, 1.165) is 12.8 Å². The fourth-order valence-electron chi connectivity index (χ4n) is 2.07. The molecule has 0 heterocycles. The van der Waals surface area contributed by atoms with Crippen LogP contribution in [0, 0.1) is 11.2 Å². The van der Waals surface area contributed by atoms with E-state index in [2.05, 4.69) is 10.6 Å². The number of carbonyl (C=O) groups is 1. The lowest BCUT2D eigenvalue weighted by Gasteiger charge is -2.24. The van der Waals surface area contributed by atoms with Crippen molar-refractivity contribution in [3.05, 3.63) is 35.6 Å². The first-order chi connectivity index (χ1) is 9.38. The highest BCUT2D eigenvalue weighted by atomic mass is 19.1. The molecular weight excluding hydrogens is 259 g/mol. The summed E-state index contributed by atoms with van der Waals surface area (Å²) in [4.78, 5) is 11.9. The van der Waals surface area contributed by atoms with Crippen molar-refractivity contribution in [1.82, 2.24) is 10.6 Å². The van der Waals surface area contributed by atoms with Crippen LogP contribution in [-0.4, -0.2) is 24.3 Å². The fraction of sp³-hybridized carbons (Fsp3) is 0.533. The second-order valence-electron chi connectivity index (χ2n) is 6.19. The molecule has 1 aliphatic carbocycles. The molecule has 3 N–H and O–H groups in total. The van der Waals surface area contributed by atoms with Crippen LogP contribution in [0.25, 0.3) is 0 Å². The maximum Gasteiger partial charge on any atom is 0.315 e. The number of carbonyl (C=O) groups excluding carboxylic acids is 1. The van der Waals surface area contributed by atoms with E-state index in [0.29, 0.717) is 12.1 Å². The number of halogens is 1. The Labute approximate surface area is 118 Å². The minimum absolute atomic E-state index is 0.00820. The van der Waals surface area contributed by atoms with Crippen LogP contribution < -0.4 is 10.6 Å². The Morgan fingerprint density at radius 2 is 2.05 bits per heavy atom. The molecular formula is C15H21FN2O2. The summed E-state index contributed by atoms with van der Waals surface area (Å²) >= 11 is 0. The molecule has 1 saturated carbocycles. The van der Waals surface area contributed by atoms with Gasteiger partial charge in [0, 0.05) is 24.1 Å². The summed E-state index contributed by atoms with van der Waals surface area (Å²) in [5, 5.41) is 14.7. The van der Waals surface area contributed by atoms with Crippen LogP contribution in [0.2, 0.25) is 0 Å². The first kappa shape index (κ1) is 14.8. The number of urea groups is 1. The van der Waals surface area contributed by atoms with Gasteiger partial charge < -0.3 is 15.7 Å². The monoisotopic (exact) mass is 280 g/mol. The summed E-state index contributed by atoms with van der Waals surface area (Å²) < 4.78 is 13.8. The molecule has 110 valence electrons. The Hall–Kier alpha value is -1.62. The summed E-state index contributed by atoms with van der Waals surface area (Å²) in [6, 6.07) is 6.20. The second kappa shape index (κ2) is 5.40. The summed E-state index contributed by atoms with van der Waals surface area (Å²) in [5.74, 6) is -0.291. The molecule has 1 aromatic rings. The van der Waals surface area contributed by atoms with Crippen LogP contribution in [-0.2, 0) is 5.54 Å². The number of benzene rings is 1. The number of hydrogen-bond donors (Lipinski definition) is 3. The van der Waals surface area contributed by atoms with Gasteiger partial charge in [0.2, 0.25) is 0 Å². The summed E-state index contributed by atoms with van der Waals surface area (Å²) in [6.45, 7) is 4.07. The fourth-order valence-corrected chi connectivity index (χ4v) is 2.07. The normalized spacial score (nSPS) is 16.6. The van der Waals surface area contributed by atoms with E-state index in [4.69, 9.17) is 5.11 Å². The van der Waals surface area contributed by atoms with Crippen LogP contribution in [0.15, 0.2) is 24.3 Å². The van der Waals surface area contributed by atoms with E-state index in [-0.39, 0.29) is 23.9 Å². The molecule has 5 heteroatoms. The van der Waals surface area contributed by atoms with Crippen molar-refractivity contribution in [2.75, 3.05) is 13.2 Å². The van der Waals surface area contributed by atoms with E-state index in [9.17, 15) is 9.18 Å². The Kier molecular flexibility index (Phi) is 3.99. The largest absolute Gasteiger partial charge is 0.396 e. The van der Waals surface area contributed by atoms with Gasteiger partial charge in [-0.3, -0.25) is 0 Å². The molecule has 0 bridgehead atoms. The van der Waals surface area contributed by atoms with Gasteiger partial charge in [0.05, 0.1) is 5.54 Å². The average Bonchev–Trinajstić information content (AvgIpc) is 3.18. The van der Waals surface area contributed by atoms with E-state index < -0.39 is 5.54 Å². The van der Waals surface area contributed by atoms with Gasteiger partial charge in [-0.25, -0.2) is 9.18 Å². The highest BCUT2D eigenvalue weighted by molar-refractivity contribution is 5.75. The van der Waals surface area contributed by atoms with E-state index in [1.807, 2.05) is 13.8 Å². The van der Waals surface area contributed by atoms with Crippen LogP contribution >= 0.6 is 0 Å². The highest BCUT2D eigenvalue weighted by Crippen LogP contribution is 2.46. The van der Waals surface area contributed by atoms with E-state index in [1.165, 1.54) is 6.07 Å². The van der Waals surface area contributed by atoms with Crippen LogP contribution in [0.3, 0.4) is 0 Å². The van der Waals surface area contributed by atoms with Crippen molar-refractivity contribution in [3.8, 4) is 0 Å². The van der Waals surface area contributed by atoms with Gasteiger partial charge in [0.15, 0.2) is 0 Å². The molecule has 2 amide bonds. The first-order valence-corrected chi connectivity index (χ1v) is 6.80. The zero-order chi connectivity index (χ0) is 14.8. The highest BCUT2D eigenvalue weighted by Gasteiger charge is 2.47. The summed E-state index contributed by atoms with van der Waals surface area (Å²) in [6.07, 6.45) is 1.48. The van der Waals surface area contributed by atoms with Crippen molar-refractivity contribution in [1.29, 1.82) is 0 Å². The number of amides is 2. The number of hydrogen-bond acceptors (Lipinski definition) is 2. The van der Waals surface area contributed by atoms with Crippen molar-refractivity contribution >= 4 is 6.03 Å². The summed E-state index contributed by atoms with van der Waals surface area (Å²) in [7, 11) is 0. The molecule has 0 unspecified atom stereocenters. The van der Waals surface area contributed by atoms with Crippen molar-refractivity contribution < 1.29 is 14.3 Å². The lowest BCUT2D eigenvalue weighted by atomic mass is 9.95. The third-order valence-corrected chi connectivity index (χ3v) is 3.65. The number of aliphatic hydroxyl groups is 1. The Balaban J connectivity index is 1.96. The zero-order valence-corrected chi connectivity index (χ0v) is 11.9. The molecule has 1 aliphatic rings. The SMILES string of the molecule is CC(C)(CO)CNC(=O)NC1(c2ccccc2F)CC1. The Morgan fingerprint density at radius 3 is 2.60 bits per heavy atom. The van der Waals surface area contributed by atoms with Gasteiger partial charge in [-0.05, 0) is 18.9 Å². The van der Waals surface area contributed by atoms with Crippen LogP contribution in [0.1, 0.15) is 32.3 Å². The van der Waals surface area contributed by atoms with Gasteiger partial charge in [0.1, 0.15) is 5.82 Å². The molecule has 0 aromatic heterocycles. The molecule has 2 rings (SSSR count). The predicted octanol–water partition coefficient (Wildman–Crippen LogP) is 2.13. The standard InChI is InChI=1S/C15H21FN2O2/c1-14(2,10-19)9-17-13(20)18-15(7-8-15)11-5-3-4-6-12(11)16/h3-6,19H,7-10H2,1-2H3,(H2,17,18,20). The molecule has 0 spiro atoms. The number of nitrogens with one attached hydrogen (secondary N) is 2. The van der Waals surface area contributed by atoms with E-state index >= 15 is 0 Å². The molecule has 0 radical (unpaired) electrons. The van der Waals surface area contributed by atoms with Gasteiger partial charge in [-0.15, -0.1) is 0 Å². The molecule has 1 fully saturated rings. The third kappa shape index (κ3) is 3.28. The minimum atomic E-state index is -0.571. The van der Waals surface area contributed by atoms with Crippen LogP contribution in [0.4, 0.5) is 9.18 Å². The molecule has 1 aromatic carbocycles. The average molecular weight is 280 g/mol. The lowest BCUT2D eigenvalue weighted by Crippen LogP contribution is -2.46. The van der Waals surface area contributed by atoms with Crippen LogP contribution in [0.5, 0.6) is 0 Å². The predicted molar refractivity (Wildman–Crippen MR) is 74.7 cm³/mol. The third-order valence-electron chi connectivity index (χ3n) is 3.65.